The highest BCUT2D eigenvalue weighted by atomic mass is 16.4. The Kier molecular flexibility index (Phi) is 2.99. The topological polar surface area (TPSA) is 87.8 Å². The van der Waals surface area contributed by atoms with Crippen molar-refractivity contribution in [3.8, 4) is 0 Å². The Balaban J connectivity index is 1.81. The van der Waals surface area contributed by atoms with Crippen LogP contribution in [-0.4, -0.2) is 27.8 Å². The van der Waals surface area contributed by atoms with Crippen molar-refractivity contribution in [2.75, 3.05) is 0 Å². The summed E-state index contributed by atoms with van der Waals surface area (Å²) >= 11 is 0. The fraction of sp³-hybridized carbons (Fsp3) is 0.0556. The third-order valence-corrected chi connectivity index (χ3v) is 4.09. The van der Waals surface area contributed by atoms with Crippen LogP contribution in [0.15, 0.2) is 52.9 Å². The summed E-state index contributed by atoms with van der Waals surface area (Å²) in [6.45, 7) is -0.148. The van der Waals surface area contributed by atoms with Gasteiger partial charge >= 0.3 is 5.97 Å². The van der Waals surface area contributed by atoms with E-state index in [9.17, 15) is 19.5 Å². The molecule has 0 radical (unpaired) electrons. The van der Waals surface area contributed by atoms with Crippen LogP contribution in [0.4, 0.5) is 0 Å². The van der Waals surface area contributed by atoms with E-state index in [0.717, 1.165) is 4.90 Å². The Bertz CT molecular complexity index is 982. The van der Waals surface area contributed by atoms with Crippen LogP contribution >= 0.6 is 0 Å². The van der Waals surface area contributed by atoms with Gasteiger partial charge in [-0.15, -0.1) is 0 Å². The number of nitrogens with zero attached hydrogens (tertiary/aromatic N) is 1. The molecular formula is C18H11NO5. The van der Waals surface area contributed by atoms with Gasteiger partial charge in [0.25, 0.3) is 11.8 Å². The maximum Gasteiger partial charge on any atom is 0.372 e. The van der Waals surface area contributed by atoms with Crippen molar-refractivity contribution >= 4 is 28.8 Å². The number of hydrogen-bond acceptors (Lipinski definition) is 4. The molecule has 0 unspecified atom stereocenters. The summed E-state index contributed by atoms with van der Waals surface area (Å²) in [4.78, 5) is 37.5. The van der Waals surface area contributed by atoms with Gasteiger partial charge in [-0.1, -0.05) is 30.3 Å². The molecule has 4 rings (SSSR count). The highest BCUT2D eigenvalue weighted by Gasteiger charge is 2.36. The largest absolute Gasteiger partial charge is 0.475 e. The van der Waals surface area contributed by atoms with Crippen molar-refractivity contribution in [1.29, 1.82) is 0 Å². The lowest BCUT2D eigenvalue weighted by atomic mass is 10.1. The van der Waals surface area contributed by atoms with Crippen molar-refractivity contribution in [3.63, 3.8) is 0 Å². The third kappa shape index (κ3) is 1.93. The molecule has 24 heavy (non-hydrogen) atoms. The van der Waals surface area contributed by atoms with Crippen molar-refractivity contribution < 1.29 is 23.9 Å². The van der Waals surface area contributed by atoms with Gasteiger partial charge in [0.1, 0.15) is 5.58 Å². The Morgan fingerprint density at radius 2 is 1.54 bits per heavy atom. The van der Waals surface area contributed by atoms with Gasteiger partial charge in [0, 0.05) is 10.9 Å². The highest BCUT2D eigenvalue weighted by Crippen LogP contribution is 2.30. The summed E-state index contributed by atoms with van der Waals surface area (Å²) in [5.74, 6) is -2.36. The number of carboxylic acid groups (broad SMARTS) is 1. The van der Waals surface area contributed by atoms with Gasteiger partial charge in [-0.05, 0) is 18.2 Å². The molecular weight excluding hydrogens is 310 g/mol. The minimum absolute atomic E-state index is 0.148. The number of fused-ring (bicyclic) bond motifs is 2. The van der Waals surface area contributed by atoms with Gasteiger partial charge in [0.15, 0.2) is 0 Å². The van der Waals surface area contributed by atoms with Crippen LogP contribution in [-0.2, 0) is 6.54 Å². The molecule has 0 aliphatic carbocycles. The fourth-order valence-corrected chi connectivity index (χ4v) is 2.97. The normalized spacial score (nSPS) is 13.6. The maximum atomic E-state index is 12.5. The van der Waals surface area contributed by atoms with Crippen LogP contribution in [0.25, 0.3) is 11.0 Å². The van der Waals surface area contributed by atoms with E-state index in [1.807, 2.05) is 0 Å². The monoisotopic (exact) mass is 321 g/mol. The van der Waals surface area contributed by atoms with Crippen LogP contribution < -0.4 is 0 Å². The lowest BCUT2D eigenvalue weighted by molar-refractivity contribution is 0.0617. The number of imide groups is 1. The first-order chi connectivity index (χ1) is 11.6. The average Bonchev–Trinajstić information content (AvgIpc) is 3.07. The molecule has 0 fully saturated rings. The minimum atomic E-state index is -1.24. The fourth-order valence-electron chi connectivity index (χ4n) is 2.97. The summed E-state index contributed by atoms with van der Waals surface area (Å²) in [7, 11) is 0. The van der Waals surface area contributed by atoms with Crippen LogP contribution in [0.2, 0.25) is 0 Å². The molecule has 0 atom stereocenters. The number of carbonyl (C=O) groups excluding carboxylic acids is 2. The lowest BCUT2D eigenvalue weighted by Crippen LogP contribution is -2.29. The van der Waals surface area contributed by atoms with E-state index < -0.39 is 17.8 Å². The molecule has 1 aliphatic heterocycles. The van der Waals surface area contributed by atoms with Crippen molar-refractivity contribution in [1.82, 2.24) is 4.90 Å². The van der Waals surface area contributed by atoms with E-state index in [4.69, 9.17) is 4.42 Å². The lowest BCUT2D eigenvalue weighted by Gasteiger charge is -2.13. The quantitative estimate of drug-likeness (QED) is 0.749. The molecule has 0 saturated carbocycles. The SMILES string of the molecule is O=C(O)c1oc2ccccc2c1CN1C(=O)c2ccccc2C1=O. The molecule has 6 heteroatoms. The number of amides is 2. The number of benzene rings is 2. The van der Waals surface area contributed by atoms with Crippen molar-refractivity contribution in [2.24, 2.45) is 0 Å². The molecule has 6 nitrogen and oxygen atoms in total. The van der Waals surface area contributed by atoms with E-state index in [0.29, 0.717) is 27.7 Å². The third-order valence-electron chi connectivity index (χ3n) is 4.09. The number of hydrogen-bond donors (Lipinski definition) is 1. The number of aromatic carboxylic acids is 1. The van der Waals surface area contributed by atoms with Crippen LogP contribution in [0.3, 0.4) is 0 Å². The zero-order chi connectivity index (χ0) is 16.8. The summed E-state index contributed by atoms with van der Waals surface area (Å²) in [5.41, 5.74) is 1.37. The predicted molar refractivity (Wildman–Crippen MR) is 83.8 cm³/mol. The second-order valence-corrected chi connectivity index (χ2v) is 5.45. The van der Waals surface area contributed by atoms with E-state index in [1.54, 1.807) is 48.5 Å². The molecule has 1 N–H and O–H groups in total. The van der Waals surface area contributed by atoms with Crippen molar-refractivity contribution in [2.45, 2.75) is 6.54 Å². The Labute approximate surface area is 135 Å². The first-order valence-electron chi connectivity index (χ1n) is 7.27. The second-order valence-electron chi connectivity index (χ2n) is 5.45. The molecule has 2 aromatic carbocycles. The van der Waals surface area contributed by atoms with Crippen LogP contribution in [0.5, 0.6) is 0 Å². The Hall–Kier alpha value is -3.41. The van der Waals surface area contributed by atoms with Crippen LogP contribution in [0.1, 0.15) is 36.8 Å². The number of carboxylic acids is 1. The zero-order valence-corrected chi connectivity index (χ0v) is 12.4. The maximum absolute atomic E-state index is 12.5. The van der Waals surface area contributed by atoms with E-state index >= 15 is 0 Å². The van der Waals surface area contributed by atoms with Crippen molar-refractivity contribution in [3.05, 3.63) is 71.0 Å². The Morgan fingerprint density at radius 1 is 0.958 bits per heavy atom. The Morgan fingerprint density at radius 3 is 2.17 bits per heavy atom. The second kappa shape index (κ2) is 5.06. The number of carbonyl (C=O) groups is 3. The van der Waals surface area contributed by atoms with Gasteiger partial charge in [-0.25, -0.2) is 4.79 Å². The molecule has 1 aliphatic rings. The number of rotatable bonds is 3. The smallest absolute Gasteiger partial charge is 0.372 e. The highest BCUT2D eigenvalue weighted by molar-refractivity contribution is 6.21. The van der Waals surface area contributed by atoms with E-state index in [-0.39, 0.29) is 12.3 Å². The summed E-state index contributed by atoms with van der Waals surface area (Å²) in [5, 5.41) is 9.94. The van der Waals surface area contributed by atoms with Gasteiger partial charge in [0.05, 0.1) is 17.7 Å². The molecule has 0 spiro atoms. The predicted octanol–water partition coefficient (Wildman–Crippen LogP) is 2.93. The first-order valence-corrected chi connectivity index (χ1v) is 7.27. The van der Waals surface area contributed by atoms with E-state index in [1.165, 1.54) is 0 Å². The molecule has 2 amide bonds. The standard InChI is InChI=1S/C18H11NO5/c20-16-11-6-1-2-7-12(11)17(21)19(16)9-13-10-5-3-4-8-14(10)24-15(13)18(22)23/h1-8H,9H2,(H,22,23). The molecule has 1 aromatic heterocycles. The van der Waals surface area contributed by atoms with Gasteiger partial charge in [-0.3, -0.25) is 14.5 Å². The summed E-state index contributed by atoms with van der Waals surface area (Å²) < 4.78 is 5.37. The van der Waals surface area contributed by atoms with Gasteiger partial charge in [0.2, 0.25) is 5.76 Å². The first kappa shape index (κ1) is 14.2. The van der Waals surface area contributed by atoms with Crippen LogP contribution in [0, 0.1) is 0 Å². The summed E-state index contributed by atoms with van der Waals surface area (Å²) in [6, 6.07) is 13.4. The molecule has 3 aromatic rings. The molecule has 2 heterocycles. The van der Waals surface area contributed by atoms with Gasteiger partial charge in [-0.2, -0.15) is 0 Å². The van der Waals surface area contributed by atoms with E-state index in [2.05, 4.69) is 0 Å². The average molecular weight is 321 g/mol. The zero-order valence-electron chi connectivity index (χ0n) is 12.4. The van der Waals surface area contributed by atoms with Gasteiger partial charge < -0.3 is 9.52 Å². The summed E-state index contributed by atoms with van der Waals surface area (Å²) in [6.07, 6.45) is 0. The number of furan rings is 1. The molecule has 0 saturated heterocycles. The molecule has 118 valence electrons. The number of para-hydroxylation sites is 1. The molecule has 0 bridgehead atoms. The minimum Gasteiger partial charge on any atom is -0.475 e.